The van der Waals surface area contributed by atoms with Crippen molar-refractivity contribution in [1.29, 1.82) is 0 Å². The van der Waals surface area contributed by atoms with Crippen LogP contribution in [0.2, 0.25) is 0 Å². The molecule has 7 fully saturated rings. The molecule has 3 aliphatic carbocycles. The molecule has 4 saturated heterocycles. The van der Waals surface area contributed by atoms with Gasteiger partial charge in [-0.15, -0.1) is 0 Å². The lowest BCUT2D eigenvalue weighted by atomic mass is 9.52. The largest absolute Gasteiger partial charge is 0.455 e. The molecule has 9 nitrogen and oxygen atoms in total. The first kappa shape index (κ1) is 31.4. The number of aliphatic hydroxyl groups excluding tert-OH is 2. The Balaban J connectivity index is 1.36. The number of ether oxygens (including phenoxy) is 5. The zero-order chi connectivity index (χ0) is 32.4. The molecule has 8 unspecified atom stereocenters. The highest BCUT2D eigenvalue weighted by Crippen LogP contribution is 2.75. The van der Waals surface area contributed by atoms with Crippen LogP contribution in [0.25, 0.3) is 0 Å². The molecular formula is C37H50O9. The predicted molar refractivity (Wildman–Crippen MR) is 166 cm³/mol. The fourth-order valence-corrected chi connectivity index (χ4v) is 11.6. The van der Waals surface area contributed by atoms with E-state index in [-0.39, 0.29) is 23.7 Å². The first-order valence-corrected chi connectivity index (χ1v) is 17.6. The second-order valence-electron chi connectivity index (χ2n) is 15.9. The maximum atomic E-state index is 13.7. The number of epoxide rings is 1. The van der Waals surface area contributed by atoms with Crippen molar-refractivity contribution in [3.05, 3.63) is 48.0 Å². The monoisotopic (exact) mass is 638 g/mol. The van der Waals surface area contributed by atoms with Crippen molar-refractivity contribution >= 4 is 5.97 Å². The van der Waals surface area contributed by atoms with Gasteiger partial charge in [-0.3, -0.25) is 0 Å². The predicted octanol–water partition coefficient (Wildman–Crippen LogP) is 4.52. The molecular weight excluding hydrogens is 588 g/mol. The summed E-state index contributed by atoms with van der Waals surface area (Å²) in [6.45, 7) is 12.3. The van der Waals surface area contributed by atoms with Crippen molar-refractivity contribution in [2.75, 3.05) is 6.61 Å². The summed E-state index contributed by atoms with van der Waals surface area (Å²) in [7, 11) is 0. The Morgan fingerprint density at radius 3 is 2.46 bits per heavy atom. The Morgan fingerprint density at radius 2 is 1.74 bits per heavy atom. The molecule has 9 heteroatoms. The zero-order valence-electron chi connectivity index (χ0n) is 27.5. The Labute approximate surface area is 271 Å². The van der Waals surface area contributed by atoms with Crippen molar-refractivity contribution < 1.29 is 43.8 Å². The van der Waals surface area contributed by atoms with E-state index in [1.807, 2.05) is 19.9 Å². The van der Waals surface area contributed by atoms with Gasteiger partial charge in [0.25, 0.3) is 5.97 Å². The maximum Gasteiger partial charge on any atom is 0.338 e. The second kappa shape index (κ2) is 10.3. The molecule has 1 aromatic rings. The average Bonchev–Trinajstić information content (AvgIpc) is 3.67. The van der Waals surface area contributed by atoms with Crippen LogP contribution in [-0.4, -0.2) is 80.7 Å². The molecule has 0 aromatic heterocycles. The van der Waals surface area contributed by atoms with Crippen molar-refractivity contribution in [3.8, 4) is 0 Å². The number of carbonyl (C=O) groups excluding carboxylic acids is 1. The van der Waals surface area contributed by atoms with Crippen molar-refractivity contribution in [1.82, 2.24) is 0 Å². The molecule has 3 saturated carbocycles. The van der Waals surface area contributed by atoms with Crippen LogP contribution in [-0.2, 0) is 23.7 Å². The summed E-state index contributed by atoms with van der Waals surface area (Å²) in [4.78, 5) is 13.7. The van der Waals surface area contributed by atoms with Crippen LogP contribution in [0.5, 0.6) is 0 Å². The Morgan fingerprint density at radius 1 is 1.02 bits per heavy atom. The average molecular weight is 639 g/mol. The first-order valence-electron chi connectivity index (χ1n) is 17.6. The summed E-state index contributed by atoms with van der Waals surface area (Å²) < 4.78 is 34.2. The van der Waals surface area contributed by atoms with Crippen LogP contribution < -0.4 is 0 Å². The lowest BCUT2D eigenvalue weighted by Gasteiger charge is -2.61. The van der Waals surface area contributed by atoms with E-state index in [0.717, 1.165) is 44.1 Å². The summed E-state index contributed by atoms with van der Waals surface area (Å²) in [6, 6.07) is 8.76. The topological polar surface area (TPSA) is 127 Å². The molecule has 2 spiro atoms. The molecule has 8 rings (SSSR count). The molecule has 4 aliphatic heterocycles. The molecule has 4 heterocycles. The van der Waals surface area contributed by atoms with E-state index in [2.05, 4.69) is 20.4 Å². The van der Waals surface area contributed by atoms with E-state index in [0.29, 0.717) is 18.4 Å². The van der Waals surface area contributed by atoms with Crippen molar-refractivity contribution in [2.45, 2.75) is 132 Å². The fraction of sp³-hybridized carbons (Fsp3) is 0.757. The summed E-state index contributed by atoms with van der Waals surface area (Å²) >= 11 is 0. The number of benzene rings is 1. The van der Waals surface area contributed by atoms with Crippen LogP contribution in [0.3, 0.4) is 0 Å². The lowest BCUT2D eigenvalue weighted by molar-refractivity contribution is -0.437. The van der Waals surface area contributed by atoms with Gasteiger partial charge in [-0.25, -0.2) is 4.79 Å². The van der Waals surface area contributed by atoms with Crippen LogP contribution in [0, 0.1) is 35.5 Å². The summed E-state index contributed by atoms with van der Waals surface area (Å²) in [5.74, 6) is -3.61. The molecule has 1 aromatic carbocycles. The van der Waals surface area contributed by atoms with E-state index >= 15 is 0 Å². The van der Waals surface area contributed by atoms with Gasteiger partial charge in [0.1, 0.15) is 41.2 Å². The van der Waals surface area contributed by atoms with Gasteiger partial charge in [0, 0.05) is 18.3 Å². The number of carbonyl (C=O) groups is 1. The lowest BCUT2D eigenvalue weighted by Crippen LogP contribution is -2.73. The van der Waals surface area contributed by atoms with Gasteiger partial charge < -0.3 is 39.0 Å². The van der Waals surface area contributed by atoms with Crippen LogP contribution >= 0.6 is 0 Å². The minimum Gasteiger partial charge on any atom is -0.455 e. The van der Waals surface area contributed by atoms with E-state index in [1.165, 1.54) is 0 Å². The third-order valence-corrected chi connectivity index (χ3v) is 13.6. The molecule has 15 atom stereocenters. The molecule has 0 radical (unpaired) electrons. The smallest absolute Gasteiger partial charge is 0.338 e. The number of hydrogen-bond donors (Lipinski definition) is 3. The normalized spacial score (nSPS) is 53.6. The number of hydrogen-bond acceptors (Lipinski definition) is 9. The van der Waals surface area contributed by atoms with Crippen molar-refractivity contribution in [2.24, 2.45) is 35.5 Å². The highest BCUT2D eigenvalue weighted by Gasteiger charge is 2.90. The maximum absolute atomic E-state index is 13.7. The molecule has 252 valence electrons. The highest BCUT2D eigenvalue weighted by molar-refractivity contribution is 5.89. The second-order valence-corrected chi connectivity index (χ2v) is 15.9. The summed E-state index contributed by atoms with van der Waals surface area (Å²) in [6.07, 6.45) is 3.37. The Bertz CT molecular complexity index is 1400. The van der Waals surface area contributed by atoms with E-state index in [4.69, 9.17) is 23.7 Å². The fourth-order valence-electron chi connectivity index (χ4n) is 11.6. The highest BCUT2D eigenvalue weighted by atomic mass is 16.9. The Hall–Kier alpha value is -1.85. The number of esters is 1. The van der Waals surface area contributed by atoms with E-state index in [9.17, 15) is 20.1 Å². The first-order chi connectivity index (χ1) is 21.9. The van der Waals surface area contributed by atoms with Gasteiger partial charge in [-0.2, -0.15) is 0 Å². The van der Waals surface area contributed by atoms with Gasteiger partial charge in [0.15, 0.2) is 0 Å². The number of rotatable bonds is 4. The molecule has 46 heavy (non-hydrogen) atoms. The third-order valence-electron chi connectivity index (χ3n) is 13.6. The van der Waals surface area contributed by atoms with Gasteiger partial charge in [-0.1, -0.05) is 77.7 Å². The van der Waals surface area contributed by atoms with Crippen molar-refractivity contribution in [3.63, 3.8) is 0 Å². The van der Waals surface area contributed by atoms with E-state index < -0.39 is 77.2 Å². The Kier molecular flexibility index (Phi) is 7.06. The number of aliphatic hydroxyl groups is 3. The summed E-state index contributed by atoms with van der Waals surface area (Å²) in [5.41, 5.74) is -4.16. The SMILES string of the molecule is C=C(C)[C@]12C[C@@H](C)[C@@]34OC5(CCCCCCC[C@@H](C)C6C(C)C(OC(=O)c7ccccc7)C(O)(C(O)C7(CO)O[C@H]7C3[C@@H]1O5)[C@@H]64)O2. The molecule has 3 bridgehead atoms. The number of fused-ring (bicyclic) bond motifs is 1. The molecule has 0 amide bonds. The van der Waals surface area contributed by atoms with Gasteiger partial charge >= 0.3 is 5.97 Å². The van der Waals surface area contributed by atoms with Crippen LogP contribution in [0.4, 0.5) is 0 Å². The van der Waals surface area contributed by atoms with Crippen LogP contribution in [0.15, 0.2) is 42.5 Å². The minimum absolute atomic E-state index is 0.122. The zero-order valence-corrected chi connectivity index (χ0v) is 27.5. The minimum atomic E-state index is -2.00. The third kappa shape index (κ3) is 3.79. The molecule has 7 aliphatic rings. The van der Waals surface area contributed by atoms with Crippen LogP contribution in [0.1, 0.15) is 89.4 Å². The van der Waals surface area contributed by atoms with E-state index in [1.54, 1.807) is 24.3 Å². The van der Waals surface area contributed by atoms with Gasteiger partial charge in [-0.05, 0) is 61.1 Å². The quantitative estimate of drug-likeness (QED) is 0.248. The summed E-state index contributed by atoms with van der Waals surface area (Å²) in [5, 5.41) is 37.0. The van der Waals surface area contributed by atoms with Gasteiger partial charge in [0.2, 0.25) is 0 Å². The molecule has 3 N–H and O–H groups in total. The van der Waals surface area contributed by atoms with Gasteiger partial charge in [0.05, 0.1) is 17.8 Å². The standard InChI is InChI=1S/C37H50O9/c1-20(2)33-18-22(4)37-26-29(33)44-35(45-33,46-37)17-13-8-6-7-10-14-21(3)25-23(5)28(42-31(39)24-15-11-9-12-16-24)36(41,27(25)37)32(40)34(19-38)30(26)43-34/h9,11-12,15-16,21-23,25-30,32,38,40-41H,1,6-8,10,13-14,17-19H2,2-5H3/t21-,22-,23?,25?,26?,27-,28?,29+,30+,32?,33-,34?,35?,36?,37-/m1/s1.